The van der Waals surface area contributed by atoms with Crippen molar-refractivity contribution < 1.29 is 9.13 Å². The Labute approximate surface area is 165 Å². The monoisotopic (exact) mass is 401 g/mol. The summed E-state index contributed by atoms with van der Waals surface area (Å²) in [6.45, 7) is 1.73. The molecule has 0 spiro atoms. The van der Waals surface area contributed by atoms with Crippen LogP contribution >= 0.6 is 11.8 Å². The predicted octanol–water partition coefficient (Wildman–Crippen LogP) is 3.21. The molecule has 0 aliphatic carbocycles. The number of hydrogen-bond donors (Lipinski definition) is 0. The Morgan fingerprint density at radius 1 is 1.32 bits per heavy atom. The molecule has 4 heterocycles. The number of methoxy groups -OCH3 is 1. The van der Waals surface area contributed by atoms with E-state index in [1.165, 1.54) is 28.7 Å². The first-order valence-electron chi connectivity index (χ1n) is 8.87. The highest BCUT2D eigenvalue weighted by atomic mass is 32.2. The van der Waals surface area contributed by atoms with Crippen LogP contribution in [0.2, 0.25) is 0 Å². The molecule has 3 aromatic rings. The van der Waals surface area contributed by atoms with Crippen molar-refractivity contribution in [3.05, 3.63) is 52.3 Å². The lowest BCUT2D eigenvalue weighted by Crippen LogP contribution is -2.27. The molecule has 3 aromatic heterocycles. The second-order valence-electron chi connectivity index (χ2n) is 6.77. The molecule has 4 rings (SSSR count). The van der Waals surface area contributed by atoms with Crippen molar-refractivity contribution in [2.24, 2.45) is 0 Å². The summed E-state index contributed by atoms with van der Waals surface area (Å²) in [4.78, 5) is 26.4. The second kappa shape index (κ2) is 7.14. The van der Waals surface area contributed by atoms with Gasteiger partial charge in [0.05, 0.1) is 12.2 Å². The molecule has 1 aliphatic heterocycles. The molecule has 0 aromatic carbocycles. The summed E-state index contributed by atoms with van der Waals surface area (Å²) in [7, 11) is 1.62. The molecule has 1 aliphatic rings. The largest absolute Gasteiger partial charge is 0.372 e. The number of rotatable bonds is 2. The van der Waals surface area contributed by atoms with Gasteiger partial charge >= 0.3 is 0 Å². The van der Waals surface area contributed by atoms with Crippen molar-refractivity contribution in [1.82, 2.24) is 24.3 Å². The molecule has 2 bridgehead atoms. The lowest BCUT2D eigenvalue weighted by atomic mass is 9.95. The van der Waals surface area contributed by atoms with Gasteiger partial charge in [0.1, 0.15) is 16.8 Å². The second-order valence-corrected chi connectivity index (χ2v) is 7.55. The minimum atomic E-state index is -0.676. The Kier molecular flexibility index (Phi) is 4.80. The van der Waals surface area contributed by atoms with Crippen LogP contribution in [0.4, 0.5) is 4.39 Å². The topological polar surface area (TPSA) is 74.8 Å². The molecule has 0 radical (unpaired) electrons. The van der Waals surface area contributed by atoms with Crippen LogP contribution < -0.4 is 5.56 Å². The minimum absolute atomic E-state index is 0.195. The molecule has 0 fully saturated rings. The highest BCUT2D eigenvalue weighted by Gasteiger charge is 2.29. The first kappa shape index (κ1) is 18.8. The van der Waals surface area contributed by atoms with Gasteiger partial charge in [-0.05, 0) is 38.2 Å². The third-order valence-electron chi connectivity index (χ3n) is 5.07. The number of ether oxygens (including phenoxy) is 1. The summed E-state index contributed by atoms with van der Waals surface area (Å²) in [5.74, 6) is 0.0889. The summed E-state index contributed by atoms with van der Waals surface area (Å²) < 4.78 is 23.2. The molecule has 0 amide bonds. The van der Waals surface area contributed by atoms with Crippen molar-refractivity contribution in [1.29, 1.82) is 0 Å². The Bertz CT molecular complexity index is 1140. The molecule has 146 valence electrons. The van der Waals surface area contributed by atoms with E-state index >= 15 is 0 Å². The first-order chi connectivity index (χ1) is 13.5. The number of pyridine rings is 1. The average molecular weight is 401 g/mol. The van der Waals surface area contributed by atoms with Gasteiger partial charge in [0.2, 0.25) is 0 Å². The van der Waals surface area contributed by atoms with Crippen LogP contribution in [0.15, 0.2) is 46.2 Å². The van der Waals surface area contributed by atoms with Crippen LogP contribution in [-0.4, -0.2) is 37.7 Å². The molecule has 1 atom stereocenters. The van der Waals surface area contributed by atoms with Crippen LogP contribution in [0.5, 0.6) is 0 Å². The normalized spacial score (nSPS) is 21.6. The molecule has 0 saturated carbocycles. The number of halogens is 1. The summed E-state index contributed by atoms with van der Waals surface area (Å²) in [5.41, 5.74) is 0.0838. The molecule has 7 nitrogen and oxygen atoms in total. The standard InChI is InChI=1S/C19H20FN5O2S/c1-19(27-2)9-5-6-12(20)11-24-17(26)13-10-21-18(28-3)23-16(13)25(24)15-8-4-7-14(19)22-15/h4,6-8,10H,5,9,11H2,1-3H3/b12-6+. The number of allylic oxidation sites excluding steroid dienone is 2. The SMILES string of the molecule is COC1(C)CC/C=C(/F)Cn2c(=O)c3cnc(SC)nc3n2-c2cccc1n2. The molecular formula is C19H20FN5O2S. The van der Waals surface area contributed by atoms with E-state index in [4.69, 9.17) is 9.72 Å². The van der Waals surface area contributed by atoms with Crippen LogP contribution in [0.25, 0.3) is 16.9 Å². The van der Waals surface area contributed by atoms with Crippen molar-refractivity contribution in [3.63, 3.8) is 0 Å². The zero-order valence-corrected chi connectivity index (χ0v) is 16.7. The fourth-order valence-electron chi connectivity index (χ4n) is 3.37. The maximum absolute atomic E-state index is 14.6. The van der Waals surface area contributed by atoms with Gasteiger partial charge in [-0.25, -0.2) is 28.7 Å². The molecule has 28 heavy (non-hydrogen) atoms. The van der Waals surface area contributed by atoms with Crippen LogP contribution in [0.3, 0.4) is 0 Å². The zero-order chi connectivity index (χ0) is 19.9. The number of hydrogen-bond acceptors (Lipinski definition) is 6. The summed E-state index contributed by atoms with van der Waals surface area (Å²) in [6, 6.07) is 5.50. The van der Waals surface area contributed by atoms with E-state index in [1.807, 2.05) is 25.3 Å². The van der Waals surface area contributed by atoms with E-state index < -0.39 is 11.4 Å². The smallest absolute Gasteiger partial charge is 0.278 e. The van der Waals surface area contributed by atoms with Gasteiger partial charge in [-0.1, -0.05) is 23.9 Å². The highest BCUT2D eigenvalue weighted by Crippen LogP contribution is 2.30. The first-order valence-corrected chi connectivity index (χ1v) is 10.1. The van der Waals surface area contributed by atoms with Crippen molar-refractivity contribution >= 4 is 22.8 Å². The minimum Gasteiger partial charge on any atom is -0.372 e. The average Bonchev–Trinajstić information content (AvgIpc) is 2.97. The van der Waals surface area contributed by atoms with Gasteiger partial charge < -0.3 is 4.74 Å². The Morgan fingerprint density at radius 3 is 2.89 bits per heavy atom. The number of aromatic nitrogens is 5. The van der Waals surface area contributed by atoms with Gasteiger partial charge in [-0.15, -0.1) is 0 Å². The fraction of sp³-hybridized carbons (Fsp3) is 0.368. The van der Waals surface area contributed by atoms with Crippen molar-refractivity contribution in [3.8, 4) is 5.82 Å². The van der Waals surface area contributed by atoms with E-state index in [-0.39, 0.29) is 12.1 Å². The summed E-state index contributed by atoms with van der Waals surface area (Å²) in [6.07, 6.45) is 5.87. The van der Waals surface area contributed by atoms with E-state index in [0.29, 0.717) is 40.5 Å². The van der Waals surface area contributed by atoms with E-state index in [0.717, 1.165) is 0 Å². The van der Waals surface area contributed by atoms with Crippen LogP contribution in [-0.2, 0) is 16.9 Å². The van der Waals surface area contributed by atoms with Gasteiger partial charge in [0.25, 0.3) is 5.56 Å². The molecule has 0 N–H and O–H groups in total. The van der Waals surface area contributed by atoms with Gasteiger partial charge in [-0.3, -0.25) is 4.79 Å². The number of nitrogens with zero attached hydrogens (tertiary/aromatic N) is 5. The number of fused-ring (bicyclic) bond motifs is 6. The van der Waals surface area contributed by atoms with E-state index in [9.17, 15) is 9.18 Å². The quantitative estimate of drug-likeness (QED) is 0.485. The van der Waals surface area contributed by atoms with Crippen molar-refractivity contribution in [2.45, 2.75) is 37.1 Å². The van der Waals surface area contributed by atoms with E-state index in [1.54, 1.807) is 17.9 Å². The maximum atomic E-state index is 14.6. The zero-order valence-electron chi connectivity index (χ0n) is 15.8. The van der Waals surface area contributed by atoms with Crippen molar-refractivity contribution in [2.75, 3.05) is 13.4 Å². The molecule has 9 heteroatoms. The lowest BCUT2D eigenvalue weighted by molar-refractivity contribution is -0.00840. The third kappa shape index (κ3) is 3.04. The third-order valence-corrected chi connectivity index (χ3v) is 5.63. The fourth-order valence-corrected chi connectivity index (χ4v) is 3.70. The maximum Gasteiger partial charge on any atom is 0.278 e. The Morgan fingerprint density at radius 2 is 2.14 bits per heavy atom. The predicted molar refractivity (Wildman–Crippen MR) is 105 cm³/mol. The van der Waals surface area contributed by atoms with E-state index in [2.05, 4.69) is 9.97 Å². The molecular weight excluding hydrogens is 381 g/mol. The van der Waals surface area contributed by atoms with Gasteiger partial charge in [0, 0.05) is 13.3 Å². The summed E-state index contributed by atoms with van der Waals surface area (Å²) in [5, 5.41) is 0.848. The Hall–Kier alpha value is -2.52. The van der Waals surface area contributed by atoms with Crippen LogP contribution in [0, 0.1) is 0 Å². The highest BCUT2D eigenvalue weighted by molar-refractivity contribution is 7.98. The summed E-state index contributed by atoms with van der Waals surface area (Å²) >= 11 is 1.37. The van der Waals surface area contributed by atoms with Gasteiger partial charge in [0.15, 0.2) is 16.6 Å². The van der Waals surface area contributed by atoms with Gasteiger partial charge in [-0.2, -0.15) is 0 Å². The molecule has 1 unspecified atom stereocenters. The number of thioether (sulfide) groups is 1. The molecule has 0 saturated heterocycles. The Balaban J connectivity index is 2.08. The van der Waals surface area contributed by atoms with Crippen LogP contribution in [0.1, 0.15) is 25.5 Å². The lowest BCUT2D eigenvalue weighted by Gasteiger charge is -2.27.